The zero-order valence-electron chi connectivity index (χ0n) is 16.4. The van der Waals surface area contributed by atoms with Crippen molar-refractivity contribution in [2.45, 2.75) is 24.8 Å². The first-order valence-electron chi connectivity index (χ1n) is 9.16. The van der Waals surface area contributed by atoms with Gasteiger partial charge in [-0.1, -0.05) is 34.1 Å². The van der Waals surface area contributed by atoms with Crippen molar-refractivity contribution in [1.82, 2.24) is 0 Å². The van der Waals surface area contributed by atoms with Gasteiger partial charge in [-0.3, -0.25) is 9.52 Å². The number of sulfonamides is 1. The normalized spacial score (nSPS) is 12.1. The predicted molar refractivity (Wildman–Crippen MR) is 121 cm³/mol. The van der Waals surface area contributed by atoms with E-state index in [-0.39, 0.29) is 10.8 Å². The highest BCUT2D eigenvalue weighted by molar-refractivity contribution is 9.10. The molecule has 0 fully saturated rings. The van der Waals surface area contributed by atoms with Crippen LogP contribution in [0.15, 0.2) is 82.2 Å². The molecule has 30 heavy (non-hydrogen) atoms. The van der Waals surface area contributed by atoms with Crippen LogP contribution in [0, 0.1) is 6.92 Å². The van der Waals surface area contributed by atoms with Gasteiger partial charge in [0.1, 0.15) is 5.75 Å². The van der Waals surface area contributed by atoms with Crippen molar-refractivity contribution in [3.8, 4) is 5.75 Å². The maximum absolute atomic E-state index is 12.5. The van der Waals surface area contributed by atoms with Gasteiger partial charge in [-0.05, 0) is 74.0 Å². The lowest BCUT2D eigenvalue weighted by molar-refractivity contribution is -0.122. The zero-order chi connectivity index (χ0) is 21.7. The van der Waals surface area contributed by atoms with Crippen LogP contribution < -0.4 is 14.8 Å². The van der Waals surface area contributed by atoms with Crippen LogP contribution in [0.1, 0.15) is 12.5 Å². The molecule has 1 atom stereocenters. The summed E-state index contributed by atoms with van der Waals surface area (Å²) >= 11 is 3.31. The second-order valence-corrected chi connectivity index (χ2v) is 9.25. The predicted octanol–water partition coefficient (Wildman–Crippen LogP) is 4.96. The highest BCUT2D eigenvalue weighted by Gasteiger charge is 2.17. The number of ether oxygens (including phenoxy) is 1. The summed E-state index contributed by atoms with van der Waals surface area (Å²) in [6.45, 7) is 3.56. The molecule has 156 valence electrons. The number of hydrogen-bond donors (Lipinski definition) is 2. The van der Waals surface area contributed by atoms with Gasteiger partial charge in [-0.15, -0.1) is 0 Å². The highest BCUT2D eigenvalue weighted by Crippen LogP contribution is 2.21. The third kappa shape index (κ3) is 5.61. The molecule has 0 radical (unpaired) electrons. The van der Waals surface area contributed by atoms with Crippen LogP contribution in [0.5, 0.6) is 5.75 Å². The van der Waals surface area contributed by atoms with E-state index in [2.05, 4.69) is 26.0 Å². The Bertz CT molecular complexity index is 1130. The molecule has 3 aromatic rings. The molecule has 3 rings (SSSR count). The molecule has 0 aliphatic heterocycles. The molecule has 1 amide bonds. The standard InChI is InChI=1S/C22H21BrN2O4S/c1-15-5-3-4-6-21(15)29-16(2)22(26)24-18-11-13-20(14-12-18)30(27,28)25-19-9-7-17(23)8-10-19/h3-14,16,25H,1-2H3,(H,24,26). The number of carbonyl (C=O) groups is 1. The number of para-hydroxylation sites is 1. The molecule has 0 aromatic heterocycles. The SMILES string of the molecule is Cc1ccccc1OC(C)C(=O)Nc1ccc(S(=O)(=O)Nc2ccc(Br)cc2)cc1. The summed E-state index contributed by atoms with van der Waals surface area (Å²) < 4.78 is 34.1. The minimum Gasteiger partial charge on any atom is -0.481 e. The number of halogens is 1. The average molecular weight is 489 g/mol. The Morgan fingerprint density at radius 2 is 1.53 bits per heavy atom. The number of nitrogens with one attached hydrogen (secondary N) is 2. The third-order valence-electron chi connectivity index (χ3n) is 4.30. The van der Waals surface area contributed by atoms with Crippen LogP contribution in [0.25, 0.3) is 0 Å². The lowest BCUT2D eigenvalue weighted by Crippen LogP contribution is -2.30. The first kappa shape index (κ1) is 21.9. The molecule has 0 bridgehead atoms. The van der Waals surface area contributed by atoms with Crippen LogP contribution in [0.2, 0.25) is 0 Å². The smallest absolute Gasteiger partial charge is 0.265 e. The van der Waals surface area contributed by atoms with Crippen molar-refractivity contribution < 1.29 is 17.9 Å². The number of amides is 1. The van der Waals surface area contributed by atoms with Crippen LogP contribution in [-0.2, 0) is 14.8 Å². The summed E-state index contributed by atoms with van der Waals surface area (Å²) in [5.74, 6) is 0.308. The summed E-state index contributed by atoms with van der Waals surface area (Å²) in [7, 11) is -3.74. The van der Waals surface area contributed by atoms with E-state index >= 15 is 0 Å². The Balaban J connectivity index is 1.64. The van der Waals surface area contributed by atoms with E-state index in [4.69, 9.17) is 4.74 Å². The van der Waals surface area contributed by atoms with Gasteiger partial charge in [0.05, 0.1) is 4.90 Å². The number of rotatable bonds is 7. The monoisotopic (exact) mass is 488 g/mol. The summed E-state index contributed by atoms with van der Waals surface area (Å²) in [6, 6.07) is 20.2. The largest absolute Gasteiger partial charge is 0.481 e. The van der Waals surface area contributed by atoms with Crippen molar-refractivity contribution in [3.05, 3.63) is 82.8 Å². The molecular formula is C22H21BrN2O4S. The summed E-state index contributed by atoms with van der Waals surface area (Å²) in [6.07, 6.45) is -0.714. The van der Waals surface area contributed by atoms with Crippen molar-refractivity contribution in [3.63, 3.8) is 0 Å². The number of aryl methyl sites for hydroxylation is 1. The van der Waals surface area contributed by atoms with Gasteiger partial charge in [0.2, 0.25) is 0 Å². The lowest BCUT2D eigenvalue weighted by atomic mass is 10.2. The lowest BCUT2D eigenvalue weighted by Gasteiger charge is -2.16. The van der Waals surface area contributed by atoms with Crippen LogP contribution in [-0.4, -0.2) is 20.4 Å². The number of benzene rings is 3. The molecule has 6 nitrogen and oxygen atoms in total. The minimum atomic E-state index is -3.74. The molecular weight excluding hydrogens is 468 g/mol. The Morgan fingerprint density at radius 1 is 0.933 bits per heavy atom. The van der Waals surface area contributed by atoms with Gasteiger partial charge in [0.25, 0.3) is 15.9 Å². The number of carbonyl (C=O) groups excluding carboxylic acids is 1. The Kier molecular flexibility index (Phi) is 6.79. The van der Waals surface area contributed by atoms with Crippen LogP contribution >= 0.6 is 15.9 Å². The van der Waals surface area contributed by atoms with Crippen molar-refractivity contribution in [2.75, 3.05) is 10.0 Å². The fraction of sp³-hybridized carbons (Fsp3) is 0.136. The Hall–Kier alpha value is -2.84. The molecule has 0 aliphatic carbocycles. The fourth-order valence-electron chi connectivity index (χ4n) is 2.63. The van der Waals surface area contributed by atoms with Gasteiger partial charge in [-0.25, -0.2) is 8.42 Å². The van der Waals surface area contributed by atoms with Gasteiger partial charge >= 0.3 is 0 Å². The number of anilines is 2. The zero-order valence-corrected chi connectivity index (χ0v) is 18.8. The fourth-order valence-corrected chi connectivity index (χ4v) is 3.95. The minimum absolute atomic E-state index is 0.0904. The summed E-state index contributed by atoms with van der Waals surface area (Å²) in [5.41, 5.74) is 1.87. The molecule has 0 saturated heterocycles. The molecule has 2 N–H and O–H groups in total. The molecule has 0 saturated carbocycles. The quantitative estimate of drug-likeness (QED) is 0.491. The second-order valence-electron chi connectivity index (χ2n) is 6.65. The van der Waals surface area contributed by atoms with E-state index < -0.39 is 16.1 Å². The molecule has 8 heteroatoms. The van der Waals surface area contributed by atoms with E-state index in [1.54, 1.807) is 37.3 Å². The Labute approximate surface area is 184 Å². The first-order valence-corrected chi connectivity index (χ1v) is 11.4. The maximum Gasteiger partial charge on any atom is 0.265 e. The maximum atomic E-state index is 12.5. The number of hydrogen-bond acceptors (Lipinski definition) is 4. The van der Waals surface area contributed by atoms with Gasteiger partial charge in [-0.2, -0.15) is 0 Å². The molecule has 0 heterocycles. The van der Waals surface area contributed by atoms with E-state index in [0.717, 1.165) is 10.0 Å². The molecule has 3 aromatic carbocycles. The summed E-state index contributed by atoms with van der Waals surface area (Å²) in [5, 5.41) is 2.73. The van der Waals surface area contributed by atoms with E-state index in [9.17, 15) is 13.2 Å². The Morgan fingerprint density at radius 3 is 2.17 bits per heavy atom. The van der Waals surface area contributed by atoms with Crippen molar-refractivity contribution in [2.24, 2.45) is 0 Å². The van der Waals surface area contributed by atoms with Crippen molar-refractivity contribution in [1.29, 1.82) is 0 Å². The first-order chi connectivity index (χ1) is 14.2. The second kappa shape index (κ2) is 9.32. The van der Waals surface area contributed by atoms with Gasteiger partial charge in [0.15, 0.2) is 6.10 Å². The van der Waals surface area contributed by atoms with E-state index in [0.29, 0.717) is 17.1 Å². The van der Waals surface area contributed by atoms with Gasteiger partial charge < -0.3 is 10.1 Å². The van der Waals surface area contributed by atoms with E-state index in [1.165, 1.54) is 24.3 Å². The van der Waals surface area contributed by atoms with E-state index in [1.807, 2.05) is 25.1 Å². The third-order valence-corrected chi connectivity index (χ3v) is 6.22. The van der Waals surface area contributed by atoms with Gasteiger partial charge in [0, 0.05) is 15.8 Å². The summed E-state index contributed by atoms with van der Waals surface area (Å²) in [4.78, 5) is 12.5. The van der Waals surface area contributed by atoms with Crippen LogP contribution in [0.3, 0.4) is 0 Å². The highest BCUT2D eigenvalue weighted by atomic mass is 79.9. The molecule has 0 spiro atoms. The molecule has 1 unspecified atom stereocenters. The molecule has 0 aliphatic rings. The topological polar surface area (TPSA) is 84.5 Å². The van der Waals surface area contributed by atoms with Crippen LogP contribution in [0.4, 0.5) is 11.4 Å². The van der Waals surface area contributed by atoms with Crippen molar-refractivity contribution >= 4 is 43.2 Å². The average Bonchev–Trinajstić information content (AvgIpc) is 2.71.